The van der Waals surface area contributed by atoms with Crippen LogP contribution in [0.4, 0.5) is 5.69 Å². The van der Waals surface area contributed by atoms with Crippen LogP contribution in [0.25, 0.3) is 0 Å². The largest absolute Gasteiger partial charge is 0.495 e. The Balaban J connectivity index is 2.43. The fourth-order valence-electron chi connectivity index (χ4n) is 1.27. The predicted molar refractivity (Wildman–Crippen MR) is 62.5 cm³/mol. The Morgan fingerprint density at radius 1 is 1.38 bits per heavy atom. The third-order valence-corrected chi connectivity index (χ3v) is 2.81. The average molecular weight is 245 g/mol. The maximum atomic E-state index is 10.5. The summed E-state index contributed by atoms with van der Waals surface area (Å²) >= 11 is 0. The second-order valence-corrected chi connectivity index (χ2v) is 4.84. The van der Waals surface area contributed by atoms with Gasteiger partial charge in [0.1, 0.15) is 5.75 Å². The van der Waals surface area contributed by atoms with Gasteiger partial charge in [0.25, 0.3) is 10.1 Å². The minimum absolute atomic E-state index is 0.241. The van der Waals surface area contributed by atoms with Crippen LogP contribution < -0.4 is 10.1 Å². The zero-order valence-corrected chi connectivity index (χ0v) is 9.83. The number of rotatable bonds is 6. The zero-order valence-electron chi connectivity index (χ0n) is 9.01. The molecule has 0 aromatic heterocycles. The normalized spacial score (nSPS) is 11.1. The Hall–Kier alpha value is -1.27. The van der Waals surface area contributed by atoms with Gasteiger partial charge in [0.05, 0.1) is 18.6 Å². The molecule has 5 nitrogen and oxygen atoms in total. The molecule has 0 radical (unpaired) electrons. The van der Waals surface area contributed by atoms with Crippen molar-refractivity contribution < 1.29 is 17.7 Å². The van der Waals surface area contributed by atoms with E-state index in [4.69, 9.17) is 9.29 Å². The number of anilines is 1. The van der Waals surface area contributed by atoms with Gasteiger partial charge in [0.15, 0.2) is 0 Å². The Bertz CT molecular complexity index is 430. The van der Waals surface area contributed by atoms with Crippen LogP contribution in [0.5, 0.6) is 5.75 Å². The highest BCUT2D eigenvalue weighted by Gasteiger charge is 2.04. The molecule has 0 aliphatic carbocycles. The molecule has 0 spiro atoms. The van der Waals surface area contributed by atoms with Crippen LogP contribution in [0, 0.1) is 0 Å². The lowest BCUT2D eigenvalue weighted by atomic mass is 10.3. The van der Waals surface area contributed by atoms with Crippen LogP contribution in [0.1, 0.15) is 6.42 Å². The quantitative estimate of drug-likeness (QED) is 0.585. The van der Waals surface area contributed by atoms with Gasteiger partial charge in [-0.1, -0.05) is 12.1 Å². The topological polar surface area (TPSA) is 75.6 Å². The van der Waals surface area contributed by atoms with Crippen LogP contribution >= 0.6 is 0 Å². The molecular weight excluding hydrogens is 230 g/mol. The predicted octanol–water partition coefficient (Wildman–Crippen LogP) is 1.39. The van der Waals surface area contributed by atoms with E-state index in [1.54, 1.807) is 7.11 Å². The van der Waals surface area contributed by atoms with Gasteiger partial charge in [-0.25, -0.2) is 0 Å². The number of hydrogen-bond acceptors (Lipinski definition) is 4. The average Bonchev–Trinajstić information content (AvgIpc) is 2.23. The van der Waals surface area contributed by atoms with Crippen molar-refractivity contribution in [2.75, 3.05) is 24.7 Å². The highest BCUT2D eigenvalue weighted by Crippen LogP contribution is 2.22. The molecule has 2 N–H and O–H groups in total. The second kappa shape index (κ2) is 5.72. The minimum atomic E-state index is -3.87. The second-order valence-electron chi connectivity index (χ2n) is 3.27. The Labute approximate surface area is 95.2 Å². The Morgan fingerprint density at radius 2 is 2.06 bits per heavy atom. The van der Waals surface area contributed by atoms with Gasteiger partial charge in [-0.05, 0) is 18.6 Å². The van der Waals surface area contributed by atoms with Gasteiger partial charge in [-0.3, -0.25) is 4.55 Å². The lowest BCUT2D eigenvalue weighted by molar-refractivity contribution is 0.416. The van der Waals surface area contributed by atoms with Gasteiger partial charge in [0, 0.05) is 6.54 Å². The van der Waals surface area contributed by atoms with Gasteiger partial charge < -0.3 is 10.1 Å². The van der Waals surface area contributed by atoms with Crippen molar-refractivity contribution in [1.82, 2.24) is 0 Å². The van der Waals surface area contributed by atoms with Gasteiger partial charge in [-0.15, -0.1) is 0 Å². The molecule has 0 amide bonds. The third-order valence-electron chi connectivity index (χ3n) is 2.00. The molecule has 0 aliphatic heterocycles. The highest BCUT2D eigenvalue weighted by atomic mass is 32.2. The van der Waals surface area contributed by atoms with Crippen molar-refractivity contribution in [2.45, 2.75) is 6.42 Å². The molecule has 0 fully saturated rings. The first-order chi connectivity index (χ1) is 7.53. The molecular formula is C10H15NO4S. The summed E-state index contributed by atoms with van der Waals surface area (Å²) in [6.45, 7) is 0.458. The van der Waals surface area contributed by atoms with Crippen LogP contribution in [0.15, 0.2) is 24.3 Å². The standard InChI is InChI=1S/C10H15NO4S/c1-15-10-6-3-2-5-9(10)11-7-4-8-16(12,13)14/h2-3,5-6,11H,4,7-8H2,1H3,(H,12,13,14). The molecule has 0 atom stereocenters. The maximum absolute atomic E-state index is 10.5. The summed E-state index contributed by atoms with van der Waals surface area (Å²) in [6.07, 6.45) is 0.344. The highest BCUT2D eigenvalue weighted by molar-refractivity contribution is 7.85. The molecule has 0 saturated carbocycles. The van der Waals surface area contributed by atoms with E-state index >= 15 is 0 Å². The molecule has 0 heterocycles. The summed E-state index contributed by atoms with van der Waals surface area (Å²) in [6, 6.07) is 7.35. The lowest BCUT2D eigenvalue weighted by Crippen LogP contribution is -2.10. The molecule has 0 bridgehead atoms. The number of para-hydroxylation sites is 2. The van der Waals surface area contributed by atoms with Gasteiger partial charge in [-0.2, -0.15) is 8.42 Å². The van der Waals surface area contributed by atoms with Crippen molar-refractivity contribution >= 4 is 15.8 Å². The van der Waals surface area contributed by atoms with Crippen LogP contribution in [0.2, 0.25) is 0 Å². The molecule has 1 aromatic carbocycles. The van der Waals surface area contributed by atoms with E-state index in [1.807, 2.05) is 24.3 Å². The molecule has 0 aliphatic rings. The van der Waals surface area contributed by atoms with E-state index in [9.17, 15) is 8.42 Å². The van der Waals surface area contributed by atoms with Crippen LogP contribution in [-0.2, 0) is 10.1 Å². The first kappa shape index (κ1) is 12.8. The number of nitrogens with one attached hydrogen (secondary N) is 1. The van der Waals surface area contributed by atoms with E-state index in [-0.39, 0.29) is 5.75 Å². The molecule has 0 saturated heterocycles. The molecule has 6 heteroatoms. The summed E-state index contributed by atoms with van der Waals surface area (Å²) in [7, 11) is -2.30. The van der Waals surface area contributed by atoms with Gasteiger partial charge in [0.2, 0.25) is 0 Å². The van der Waals surface area contributed by atoms with E-state index in [0.717, 1.165) is 5.69 Å². The molecule has 16 heavy (non-hydrogen) atoms. The fourth-order valence-corrected chi connectivity index (χ4v) is 1.78. The van der Waals surface area contributed by atoms with E-state index < -0.39 is 10.1 Å². The smallest absolute Gasteiger partial charge is 0.264 e. The van der Waals surface area contributed by atoms with E-state index in [0.29, 0.717) is 18.7 Å². The summed E-state index contributed by atoms with van der Waals surface area (Å²) in [5, 5.41) is 3.04. The summed E-state index contributed by atoms with van der Waals surface area (Å²) in [5.74, 6) is 0.462. The van der Waals surface area contributed by atoms with E-state index in [1.165, 1.54) is 0 Å². The van der Waals surface area contributed by atoms with Gasteiger partial charge >= 0.3 is 0 Å². The molecule has 1 aromatic rings. The molecule has 1 rings (SSSR count). The SMILES string of the molecule is COc1ccccc1NCCCS(=O)(=O)O. The minimum Gasteiger partial charge on any atom is -0.495 e. The lowest BCUT2D eigenvalue weighted by Gasteiger charge is -2.09. The number of ether oxygens (including phenoxy) is 1. The monoisotopic (exact) mass is 245 g/mol. The number of methoxy groups -OCH3 is 1. The summed E-state index contributed by atoms with van der Waals surface area (Å²) in [5.41, 5.74) is 0.806. The fraction of sp³-hybridized carbons (Fsp3) is 0.400. The van der Waals surface area contributed by atoms with Crippen molar-refractivity contribution in [3.63, 3.8) is 0 Å². The Morgan fingerprint density at radius 3 is 2.69 bits per heavy atom. The third kappa shape index (κ3) is 4.50. The van der Waals surface area contributed by atoms with Crippen LogP contribution in [-0.4, -0.2) is 32.4 Å². The molecule has 90 valence electrons. The zero-order chi connectivity index (χ0) is 12.0. The van der Waals surface area contributed by atoms with Crippen molar-refractivity contribution in [2.24, 2.45) is 0 Å². The first-order valence-electron chi connectivity index (χ1n) is 4.85. The first-order valence-corrected chi connectivity index (χ1v) is 6.46. The Kier molecular flexibility index (Phi) is 4.57. The number of hydrogen-bond donors (Lipinski definition) is 2. The molecule has 0 unspecified atom stereocenters. The summed E-state index contributed by atoms with van der Waals surface area (Å²) < 4.78 is 34.6. The maximum Gasteiger partial charge on any atom is 0.264 e. The van der Waals surface area contributed by atoms with Crippen molar-refractivity contribution in [1.29, 1.82) is 0 Å². The van der Waals surface area contributed by atoms with Crippen molar-refractivity contribution in [3.8, 4) is 5.75 Å². The van der Waals surface area contributed by atoms with Crippen LogP contribution in [0.3, 0.4) is 0 Å². The number of benzene rings is 1. The summed E-state index contributed by atoms with van der Waals surface area (Å²) in [4.78, 5) is 0. The van der Waals surface area contributed by atoms with E-state index in [2.05, 4.69) is 5.32 Å². The van der Waals surface area contributed by atoms with Crippen molar-refractivity contribution in [3.05, 3.63) is 24.3 Å².